The minimum Gasteiger partial charge on any atom is -0.512 e. The molecule has 3 heterocycles. The summed E-state index contributed by atoms with van der Waals surface area (Å²) < 4.78 is 5.74. The number of hydrogen-bond donors (Lipinski definition) is 1. The van der Waals surface area contributed by atoms with Crippen LogP contribution in [0.3, 0.4) is 0 Å². The van der Waals surface area contributed by atoms with Gasteiger partial charge in [-0.15, -0.1) is 29.1 Å². The van der Waals surface area contributed by atoms with Gasteiger partial charge in [-0.25, -0.2) is 4.98 Å². The predicted octanol–water partition coefficient (Wildman–Crippen LogP) is 11.9. The molecule has 5 nitrogen and oxygen atoms in total. The monoisotopic (exact) mass is 838 g/mol. The summed E-state index contributed by atoms with van der Waals surface area (Å²) in [6.45, 7) is 19.2. The first-order valence-corrected chi connectivity index (χ1v) is 17.6. The van der Waals surface area contributed by atoms with Crippen LogP contribution in [-0.4, -0.2) is 20.9 Å². The first kappa shape index (κ1) is 39.8. The van der Waals surface area contributed by atoms with Gasteiger partial charge in [-0.1, -0.05) is 97.5 Å². The molecular formula is C43H53IrN2O3-. The molecule has 0 aliphatic carbocycles. The molecule has 0 amide bonds. The van der Waals surface area contributed by atoms with E-state index in [9.17, 15) is 9.90 Å². The van der Waals surface area contributed by atoms with Crippen LogP contribution in [0.5, 0.6) is 0 Å². The summed E-state index contributed by atoms with van der Waals surface area (Å²) in [5.41, 5.74) is 7.12. The Morgan fingerprint density at radius 2 is 1.59 bits per heavy atom. The smallest absolute Gasteiger partial charge is 0.162 e. The molecule has 5 rings (SSSR count). The Bertz CT molecular complexity index is 1860. The van der Waals surface area contributed by atoms with Crippen molar-refractivity contribution in [3.05, 3.63) is 96.2 Å². The largest absolute Gasteiger partial charge is 0.512 e. The molecule has 0 spiro atoms. The maximum atomic E-state index is 11.7. The van der Waals surface area contributed by atoms with Crippen molar-refractivity contribution in [3.8, 4) is 22.5 Å². The number of benzene rings is 2. The first-order chi connectivity index (χ1) is 22.9. The Balaban J connectivity index is 0.000000347. The number of fused-ring (bicyclic) bond motifs is 2. The molecule has 1 radical (unpaired) electrons. The Hall–Kier alpha value is -3.60. The minimum absolute atomic E-state index is 0. The van der Waals surface area contributed by atoms with Gasteiger partial charge in [0, 0.05) is 55.3 Å². The van der Waals surface area contributed by atoms with Gasteiger partial charge in [0.15, 0.2) is 11.4 Å². The summed E-state index contributed by atoms with van der Waals surface area (Å²) in [5.74, 6) is 1.04. The predicted molar refractivity (Wildman–Crippen MR) is 200 cm³/mol. The number of pyridine rings is 2. The molecule has 0 aliphatic rings. The molecule has 6 heteroatoms. The van der Waals surface area contributed by atoms with Crippen molar-refractivity contribution in [2.24, 2.45) is 17.8 Å². The van der Waals surface area contributed by atoms with E-state index in [1.165, 1.54) is 17.0 Å². The molecule has 3 aromatic heterocycles. The van der Waals surface area contributed by atoms with Crippen LogP contribution in [0.25, 0.3) is 44.3 Å². The molecule has 0 bridgehead atoms. The maximum Gasteiger partial charge on any atom is 0.162 e. The van der Waals surface area contributed by atoms with Crippen molar-refractivity contribution in [1.82, 2.24) is 9.97 Å². The van der Waals surface area contributed by atoms with Gasteiger partial charge >= 0.3 is 0 Å². The van der Waals surface area contributed by atoms with Gasteiger partial charge in [0.2, 0.25) is 0 Å². The molecule has 2 aromatic carbocycles. The quantitative estimate of drug-likeness (QED) is 0.0815. The number of allylic oxidation sites excluding steroid dienone is 2. The van der Waals surface area contributed by atoms with Crippen molar-refractivity contribution < 1.29 is 34.4 Å². The molecule has 263 valence electrons. The molecule has 5 aromatic rings. The van der Waals surface area contributed by atoms with Crippen molar-refractivity contribution in [2.75, 3.05) is 0 Å². The number of aliphatic hydroxyl groups is 1. The Labute approximate surface area is 307 Å². The Morgan fingerprint density at radius 1 is 0.918 bits per heavy atom. The Morgan fingerprint density at radius 3 is 2.22 bits per heavy atom. The SMILES string of the molecule is CC(C)Cc1nc(-c2ccnc(-c3[c-]c4ccccc4c(C(C)(C)C)c3)c2)cc2ccoc12.CCC(CC)C(=O)/C=C(\O)C(CC)CC.[Ir]. The van der Waals surface area contributed by atoms with Gasteiger partial charge < -0.3 is 9.52 Å². The molecule has 1 N–H and O–H groups in total. The van der Waals surface area contributed by atoms with Crippen molar-refractivity contribution in [1.29, 1.82) is 0 Å². The average molecular weight is 838 g/mol. The van der Waals surface area contributed by atoms with Crippen LogP contribution in [0.2, 0.25) is 0 Å². The molecule has 0 fully saturated rings. The van der Waals surface area contributed by atoms with Crippen LogP contribution >= 0.6 is 0 Å². The fourth-order valence-electron chi connectivity index (χ4n) is 6.22. The molecule has 0 aliphatic heterocycles. The fourth-order valence-corrected chi connectivity index (χ4v) is 6.22. The van der Waals surface area contributed by atoms with Crippen molar-refractivity contribution >= 4 is 27.5 Å². The average Bonchev–Trinajstić information content (AvgIpc) is 3.54. The second-order valence-electron chi connectivity index (χ2n) is 14.2. The standard InChI is InChI=1S/C30H29N2O.C13H24O2.Ir/c1-19(2)14-28-29-22(11-13-33-29)18-27(32-28)21-10-12-31-26(17-21)23-15-20-8-6-7-9-24(20)25(16-23)30(3,4)5;1-5-10(6-2)12(14)9-13(15)11(7-3)8-4;/h6-13,16-19H,14H2,1-5H3;9-11,14H,5-8H2,1-4H3;/q-1;;/b;12-9-;. The van der Waals surface area contributed by atoms with Crippen LogP contribution in [0.1, 0.15) is 99.3 Å². The number of nitrogens with zero attached hydrogens (tertiary/aromatic N) is 2. The third kappa shape index (κ3) is 9.99. The maximum absolute atomic E-state index is 11.7. The summed E-state index contributed by atoms with van der Waals surface area (Å²) in [4.78, 5) is 21.4. The number of hydrogen-bond acceptors (Lipinski definition) is 5. The number of carbonyl (C=O) groups is 1. The van der Waals surface area contributed by atoms with Crippen LogP contribution in [0, 0.1) is 23.8 Å². The van der Waals surface area contributed by atoms with Crippen LogP contribution in [0.15, 0.2) is 83.3 Å². The van der Waals surface area contributed by atoms with Crippen LogP contribution < -0.4 is 0 Å². The second kappa shape index (κ2) is 17.9. The number of rotatable bonds is 11. The van der Waals surface area contributed by atoms with Gasteiger partial charge in [-0.3, -0.25) is 9.78 Å². The van der Waals surface area contributed by atoms with Gasteiger partial charge in [0.05, 0.1) is 23.4 Å². The number of furan rings is 1. The molecule has 0 atom stereocenters. The summed E-state index contributed by atoms with van der Waals surface area (Å²) >= 11 is 0. The molecule has 49 heavy (non-hydrogen) atoms. The zero-order valence-electron chi connectivity index (χ0n) is 30.7. The van der Waals surface area contributed by atoms with E-state index in [0.717, 1.165) is 76.7 Å². The van der Waals surface area contributed by atoms with E-state index in [1.54, 1.807) is 6.26 Å². The molecular weight excluding hydrogens is 785 g/mol. The van der Waals surface area contributed by atoms with Gasteiger partial charge in [0.1, 0.15) is 0 Å². The number of carbonyl (C=O) groups excluding carboxylic acids is 1. The van der Waals surface area contributed by atoms with E-state index < -0.39 is 0 Å². The van der Waals surface area contributed by atoms with Crippen LogP contribution in [0.4, 0.5) is 0 Å². The summed E-state index contributed by atoms with van der Waals surface area (Å²) in [6.07, 6.45) is 9.40. The number of ketones is 1. The normalized spacial score (nSPS) is 12.0. The van der Waals surface area contributed by atoms with E-state index in [-0.39, 0.29) is 48.9 Å². The second-order valence-corrected chi connectivity index (χ2v) is 14.2. The molecule has 0 saturated heterocycles. The van der Waals surface area contributed by atoms with Gasteiger partial charge in [-0.2, -0.15) is 0 Å². The number of aromatic nitrogens is 2. The third-order valence-corrected chi connectivity index (χ3v) is 9.10. The van der Waals surface area contributed by atoms with E-state index in [2.05, 4.69) is 83.1 Å². The fraction of sp³-hybridized carbons (Fsp3) is 0.419. The van der Waals surface area contributed by atoms with Crippen LogP contribution in [-0.2, 0) is 36.7 Å². The summed E-state index contributed by atoms with van der Waals surface area (Å²) in [6, 6.07) is 22.6. The zero-order valence-corrected chi connectivity index (χ0v) is 33.1. The zero-order chi connectivity index (χ0) is 35.0. The summed E-state index contributed by atoms with van der Waals surface area (Å²) in [5, 5.41) is 13.2. The van der Waals surface area contributed by atoms with E-state index >= 15 is 0 Å². The topological polar surface area (TPSA) is 76.2 Å². The Kier molecular flexibility index (Phi) is 14.5. The minimum atomic E-state index is 0. The first-order valence-electron chi connectivity index (χ1n) is 17.6. The van der Waals surface area contributed by atoms with Gasteiger partial charge in [-0.05, 0) is 67.2 Å². The van der Waals surface area contributed by atoms with Crippen molar-refractivity contribution in [3.63, 3.8) is 0 Å². The third-order valence-electron chi connectivity index (χ3n) is 9.10. The number of aliphatic hydroxyl groups excluding tert-OH is 1. The van der Waals surface area contributed by atoms with Gasteiger partial charge in [0.25, 0.3) is 0 Å². The summed E-state index contributed by atoms with van der Waals surface area (Å²) in [7, 11) is 0. The van der Waals surface area contributed by atoms with Crippen molar-refractivity contribution in [2.45, 2.75) is 99.8 Å². The van der Waals surface area contributed by atoms with E-state index in [1.807, 2.05) is 46.0 Å². The molecule has 0 saturated carbocycles. The molecule has 0 unspecified atom stereocenters. The van der Waals surface area contributed by atoms with E-state index in [0.29, 0.717) is 5.92 Å². The van der Waals surface area contributed by atoms with E-state index in [4.69, 9.17) is 14.4 Å².